The molecule has 0 spiro atoms. The summed E-state index contributed by atoms with van der Waals surface area (Å²) in [5, 5.41) is 9.75. The van der Waals surface area contributed by atoms with Crippen LogP contribution >= 0.6 is 11.8 Å². The summed E-state index contributed by atoms with van der Waals surface area (Å²) >= 11 is 1.43. The van der Waals surface area contributed by atoms with Crippen molar-refractivity contribution in [3.05, 3.63) is 66.1 Å². The van der Waals surface area contributed by atoms with Crippen molar-refractivity contribution >= 4 is 18.0 Å². The van der Waals surface area contributed by atoms with Crippen LogP contribution in [0.4, 0.5) is 0 Å². The lowest BCUT2D eigenvalue weighted by molar-refractivity contribution is 0.110. The molecule has 0 unspecified atom stereocenters. The van der Waals surface area contributed by atoms with Gasteiger partial charge < -0.3 is 4.42 Å². The number of nitrogens with zero attached hydrogens (tertiary/aromatic N) is 2. The van der Waals surface area contributed by atoms with Gasteiger partial charge in [0.15, 0.2) is 12.0 Å². The van der Waals surface area contributed by atoms with Gasteiger partial charge in [0.05, 0.1) is 5.56 Å². The lowest BCUT2D eigenvalue weighted by Crippen LogP contribution is -1.85. The summed E-state index contributed by atoms with van der Waals surface area (Å²) in [7, 11) is 0. The lowest BCUT2D eigenvalue weighted by Gasteiger charge is -2.03. The van der Waals surface area contributed by atoms with Gasteiger partial charge in [0.25, 0.3) is 0 Å². The minimum absolute atomic E-state index is 0.306. The highest BCUT2D eigenvalue weighted by Gasteiger charge is 2.07. The summed E-state index contributed by atoms with van der Waals surface area (Å²) in [5.74, 6) is 0.954. The van der Waals surface area contributed by atoms with Crippen molar-refractivity contribution in [2.75, 3.05) is 0 Å². The summed E-state index contributed by atoms with van der Waals surface area (Å²) < 4.78 is 5.38. The largest absolute Gasteiger partial charge is 0.453 e. The van der Waals surface area contributed by atoms with Crippen LogP contribution in [0, 0.1) is 11.3 Å². The van der Waals surface area contributed by atoms with Gasteiger partial charge >= 0.3 is 0 Å². The summed E-state index contributed by atoms with van der Waals surface area (Å²) in [6.45, 7) is 0. The number of nitriles is 1. The van der Waals surface area contributed by atoms with E-state index in [1.165, 1.54) is 11.8 Å². The van der Waals surface area contributed by atoms with Gasteiger partial charge in [-0.3, -0.25) is 4.79 Å². The second-order valence-corrected chi connectivity index (χ2v) is 5.48. The number of hydrogen-bond acceptors (Lipinski definition) is 5. The quantitative estimate of drug-likeness (QED) is 0.676. The SMILES string of the molecule is N#Cc1cccnc1Sc1ccc(-c2ccc(C=O)o2)cc1. The average Bonchev–Trinajstić information content (AvgIpc) is 3.05. The maximum atomic E-state index is 10.6. The summed E-state index contributed by atoms with van der Waals surface area (Å²) in [6.07, 6.45) is 2.35. The molecule has 0 saturated carbocycles. The van der Waals surface area contributed by atoms with Gasteiger partial charge in [-0.25, -0.2) is 4.98 Å². The number of rotatable bonds is 4. The fourth-order valence-electron chi connectivity index (χ4n) is 1.93. The molecule has 0 amide bonds. The molecule has 0 aliphatic rings. The molecule has 22 heavy (non-hydrogen) atoms. The van der Waals surface area contributed by atoms with Crippen LogP contribution in [0.2, 0.25) is 0 Å². The van der Waals surface area contributed by atoms with Gasteiger partial charge in [0, 0.05) is 16.7 Å². The molecule has 0 atom stereocenters. The monoisotopic (exact) mass is 306 g/mol. The molecule has 0 saturated heterocycles. The number of carbonyl (C=O) groups is 1. The van der Waals surface area contributed by atoms with Crippen molar-refractivity contribution in [3.8, 4) is 17.4 Å². The predicted octanol–water partition coefficient (Wildman–Crippen LogP) is 4.18. The normalized spacial score (nSPS) is 10.1. The first-order chi connectivity index (χ1) is 10.8. The van der Waals surface area contributed by atoms with Crippen LogP contribution in [0.1, 0.15) is 16.1 Å². The molecule has 0 fully saturated rings. The number of aldehydes is 1. The number of furan rings is 1. The van der Waals surface area contributed by atoms with Crippen LogP contribution in [0.15, 0.2) is 69.1 Å². The van der Waals surface area contributed by atoms with E-state index in [9.17, 15) is 4.79 Å². The zero-order chi connectivity index (χ0) is 15.4. The number of hydrogen-bond donors (Lipinski definition) is 0. The maximum Gasteiger partial charge on any atom is 0.185 e. The fourth-order valence-corrected chi connectivity index (χ4v) is 2.76. The topological polar surface area (TPSA) is 66.9 Å². The van der Waals surface area contributed by atoms with Crippen LogP contribution in [0.3, 0.4) is 0 Å². The van der Waals surface area contributed by atoms with Crippen LogP contribution < -0.4 is 0 Å². The Morgan fingerprint density at radius 1 is 1.14 bits per heavy atom. The Kier molecular flexibility index (Phi) is 4.03. The number of pyridine rings is 1. The molecule has 3 aromatic rings. The first-order valence-corrected chi connectivity index (χ1v) is 7.30. The smallest absolute Gasteiger partial charge is 0.185 e. The Labute approximate surface area is 131 Å². The van der Waals surface area contributed by atoms with E-state index in [-0.39, 0.29) is 0 Å². The third-order valence-corrected chi connectivity index (χ3v) is 4.01. The molecule has 0 bridgehead atoms. The van der Waals surface area contributed by atoms with Crippen molar-refractivity contribution in [3.63, 3.8) is 0 Å². The van der Waals surface area contributed by atoms with E-state index in [1.807, 2.05) is 24.3 Å². The van der Waals surface area contributed by atoms with Crippen molar-refractivity contribution in [2.24, 2.45) is 0 Å². The molecule has 4 nitrogen and oxygen atoms in total. The highest BCUT2D eigenvalue weighted by molar-refractivity contribution is 7.99. The van der Waals surface area contributed by atoms with Crippen molar-refractivity contribution in [1.82, 2.24) is 4.98 Å². The molecule has 2 aromatic heterocycles. The second kappa shape index (κ2) is 6.29. The molecule has 0 aliphatic heterocycles. The Bertz CT molecular complexity index is 848. The van der Waals surface area contributed by atoms with E-state index in [0.29, 0.717) is 28.4 Å². The van der Waals surface area contributed by atoms with Crippen LogP contribution in [-0.2, 0) is 0 Å². The lowest BCUT2D eigenvalue weighted by atomic mass is 10.2. The molecule has 0 radical (unpaired) electrons. The number of benzene rings is 1. The molecular weight excluding hydrogens is 296 g/mol. The van der Waals surface area contributed by atoms with E-state index < -0.39 is 0 Å². The highest BCUT2D eigenvalue weighted by atomic mass is 32.2. The van der Waals surface area contributed by atoms with Crippen LogP contribution in [0.5, 0.6) is 0 Å². The Balaban J connectivity index is 1.82. The minimum Gasteiger partial charge on any atom is -0.453 e. The highest BCUT2D eigenvalue weighted by Crippen LogP contribution is 2.30. The third-order valence-electron chi connectivity index (χ3n) is 2.99. The summed E-state index contributed by atoms with van der Waals surface area (Å²) in [5.41, 5.74) is 1.44. The second-order valence-electron chi connectivity index (χ2n) is 4.41. The molecule has 2 heterocycles. The third kappa shape index (κ3) is 2.92. The van der Waals surface area contributed by atoms with Crippen LogP contribution in [-0.4, -0.2) is 11.3 Å². The van der Waals surface area contributed by atoms with E-state index in [0.717, 1.165) is 10.5 Å². The molecule has 106 valence electrons. The molecular formula is C17H10N2O2S. The van der Waals surface area contributed by atoms with Gasteiger partial charge in [0.1, 0.15) is 16.9 Å². The zero-order valence-electron chi connectivity index (χ0n) is 11.4. The van der Waals surface area contributed by atoms with Crippen molar-refractivity contribution < 1.29 is 9.21 Å². The van der Waals surface area contributed by atoms with Crippen molar-refractivity contribution in [2.45, 2.75) is 9.92 Å². The molecule has 5 heteroatoms. The van der Waals surface area contributed by atoms with Crippen molar-refractivity contribution in [1.29, 1.82) is 5.26 Å². The Morgan fingerprint density at radius 2 is 1.95 bits per heavy atom. The van der Waals surface area contributed by atoms with Gasteiger partial charge in [-0.15, -0.1) is 0 Å². The Morgan fingerprint density at radius 3 is 2.64 bits per heavy atom. The van der Waals surface area contributed by atoms with Gasteiger partial charge in [-0.1, -0.05) is 23.9 Å². The Hall–Kier alpha value is -2.84. The maximum absolute atomic E-state index is 10.6. The molecule has 0 aliphatic carbocycles. The van der Waals surface area contributed by atoms with E-state index in [4.69, 9.17) is 9.68 Å². The summed E-state index contributed by atoms with van der Waals surface area (Å²) in [6, 6.07) is 16.7. The fraction of sp³-hybridized carbons (Fsp3) is 0. The first kappa shape index (κ1) is 14.1. The first-order valence-electron chi connectivity index (χ1n) is 6.48. The van der Waals surface area contributed by atoms with Crippen LogP contribution in [0.25, 0.3) is 11.3 Å². The van der Waals surface area contributed by atoms with Gasteiger partial charge in [-0.2, -0.15) is 5.26 Å². The predicted molar refractivity (Wildman–Crippen MR) is 82.6 cm³/mol. The van der Waals surface area contributed by atoms with E-state index in [2.05, 4.69) is 11.1 Å². The van der Waals surface area contributed by atoms with E-state index in [1.54, 1.807) is 30.5 Å². The van der Waals surface area contributed by atoms with Gasteiger partial charge in [0.2, 0.25) is 0 Å². The molecule has 3 rings (SSSR count). The molecule has 1 aromatic carbocycles. The standard InChI is InChI=1S/C17H10N2O2S/c18-10-13-2-1-9-19-17(13)22-15-6-3-12(4-7-15)16-8-5-14(11-20)21-16/h1-9,11H. The average molecular weight is 306 g/mol. The minimum atomic E-state index is 0.306. The zero-order valence-corrected chi connectivity index (χ0v) is 12.2. The number of carbonyl (C=O) groups excluding carboxylic acids is 1. The van der Waals surface area contributed by atoms with Gasteiger partial charge in [-0.05, 0) is 36.4 Å². The van der Waals surface area contributed by atoms with E-state index >= 15 is 0 Å². The molecule has 0 N–H and O–H groups in total. The number of aromatic nitrogens is 1. The summed E-state index contributed by atoms with van der Waals surface area (Å²) in [4.78, 5) is 15.8.